The van der Waals surface area contributed by atoms with Gasteiger partial charge in [-0.15, -0.1) is 0 Å². The van der Waals surface area contributed by atoms with Gasteiger partial charge >= 0.3 is 0 Å². The molecular formula is C11H15ClN2. The van der Waals surface area contributed by atoms with Gasteiger partial charge in [0.25, 0.3) is 0 Å². The van der Waals surface area contributed by atoms with Crippen molar-refractivity contribution in [1.29, 1.82) is 0 Å². The summed E-state index contributed by atoms with van der Waals surface area (Å²) >= 11 is 6.19. The van der Waals surface area contributed by atoms with Crippen LogP contribution in [0.3, 0.4) is 0 Å². The second-order valence-corrected chi connectivity index (χ2v) is 4.42. The Hall–Kier alpha value is -0.600. The minimum atomic E-state index is 0.101. The van der Waals surface area contributed by atoms with Crippen molar-refractivity contribution in [3.05, 3.63) is 28.5 Å². The van der Waals surface area contributed by atoms with Crippen LogP contribution in [0.4, 0.5) is 0 Å². The topological polar surface area (TPSA) is 38.9 Å². The van der Waals surface area contributed by atoms with E-state index in [0.717, 1.165) is 30.0 Å². The number of rotatable bonds is 3. The standard InChI is InChI=1S/C11H15ClN2/c1-2-8-5-9(12)10(14-6-8)11(7-13)3-4-11/h5-6H,2-4,7,13H2,1H3. The van der Waals surface area contributed by atoms with Crippen molar-refractivity contribution in [1.82, 2.24) is 4.98 Å². The van der Waals surface area contributed by atoms with Crippen LogP contribution in [0.2, 0.25) is 5.02 Å². The highest BCUT2D eigenvalue weighted by atomic mass is 35.5. The Bertz CT molecular complexity index is 345. The summed E-state index contributed by atoms with van der Waals surface area (Å²) < 4.78 is 0. The van der Waals surface area contributed by atoms with E-state index in [-0.39, 0.29) is 5.41 Å². The molecule has 1 aromatic heterocycles. The van der Waals surface area contributed by atoms with Crippen LogP contribution in [0.1, 0.15) is 31.0 Å². The van der Waals surface area contributed by atoms with E-state index in [9.17, 15) is 0 Å². The van der Waals surface area contributed by atoms with E-state index < -0.39 is 0 Å². The summed E-state index contributed by atoms with van der Waals surface area (Å²) in [5, 5.41) is 0.785. The van der Waals surface area contributed by atoms with Crippen LogP contribution in [0.25, 0.3) is 0 Å². The minimum Gasteiger partial charge on any atom is -0.330 e. The first kappa shape index (κ1) is 9.94. The molecule has 2 nitrogen and oxygen atoms in total. The van der Waals surface area contributed by atoms with Crippen molar-refractivity contribution in [2.24, 2.45) is 5.73 Å². The van der Waals surface area contributed by atoms with Gasteiger partial charge in [0, 0.05) is 18.2 Å². The number of nitrogens with two attached hydrogens (primary N) is 1. The van der Waals surface area contributed by atoms with Gasteiger partial charge in [-0.25, -0.2) is 0 Å². The molecule has 0 unspecified atom stereocenters. The van der Waals surface area contributed by atoms with Gasteiger partial charge in [0.2, 0.25) is 0 Å². The Morgan fingerprint density at radius 1 is 1.57 bits per heavy atom. The zero-order chi connectivity index (χ0) is 10.2. The van der Waals surface area contributed by atoms with Gasteiger partial charge in [-0.2, -0.15) is 0 Å². The maximum Gasteiger partial charge on any atom is 0.0664 e. The molecule has 1 heterocycles. The SMILES string of the molecule is CCc1cnc(C2(CN)CC2)c(Cl)c1. The molecule has 0 spiro atoms. The summed E-state index contributed by atoms with van der Waals surface area (Å²) in [7, 11) is 0. The fraction of sp³-hybridized carbons (Fsp3) is 0.545. The monoisotopic (exact) mass is 210 g/mol. The van der Waals surface area contributed by atoms with E-state index in [4.69, 9.17) is 17.3 Å². The molecule has 1 aromatic rings. The quantitative estimate of drug-likeness (QED) is 0.832. The maximum absolute atomic E-state index is 6.19. The summed E-state index contributed by atoms with van der Waals surface area (Å²) in [6.07, 6.45) is 5.14. The van der Waals surface area contributed by atoms with Crippen LogP contribution in [0, 0.1) is 0 Å². The molecular weight excluding hydrogens is 196 g/mol. The Balaban J connectivity index is 2.36. The average Bonchev–Trinajstić information content (AvgIpc) is 2.98. The first-order chi connectivity index (χ1) is 6.72. The van der Waals surface area contributed by atoms with Crippen LogP contribution in [-0.4, -0.2) is 11.5 Å². The van der Waals surface area contributed by atoms with Gasteiger partial charge in [-0.05, 0) is 30.9 Å². The molecule has 3 heteroatoms. The number of hydrogen-bond donors (Lipinski definition) is 1. The Morgan fingerprint density at radius 2 is 2.29 bits per heavy atom. The van der Waals surface area contributed by atoms with E-state index in [1.54, 1.807) is 0 Å². The first-order valence-corrected chi connectivity index (χ1v) is 5.44. The number of aryl methyl sites for hydroxylation is 1. The predicted molar refractivity (Wildman–Crippen MR) is 58.6 cm³/mol. The Kier molecular flexibility index (Phi) is 2.50. The number of hydrogen-bond acceptors (Lipinski definition) is 2. The first-order valence-electron chi connectivity index (χ1n) is 5.07. The zero-order valence-electron chi connectivity index (χ0n) is 8.39. The highest BCUT2D eigenvalue weighted by molar-refractivity contribution is 6.31. The van der Waals surface area contributed by atoms with Gasteiger partial charge in [0.15, 0.2) is 0 Å². The van der Waals surface area contributed by atoms with Crippen LogP contribution >= 0.6 is 11.6 Å². The number of halogens is 1. The molecule has 2 N–H and O–H groups in total. The number of pyridine rings is 1. The second kappa shape index (κ2) is 3.52. The molecule has 2 rings (SSSR count). The van der Waals surface area contributed by atoms with Gasteiger partial charge < -0.3 is 5.73 Å². The Labute approximate surface area is 89.5 Å². The van der Waals surface area contributed by atoms with Crippen LogP contribution in [0.5, 0.6) is 0 Å². The van der Waals surface area contributed by atoms with Crippen LogP contribution < -0.4 is 5.73 Å². The Morgan fingerprint density at radius 3 is 2.71 bits per heavy atom. The van der Waals surface area contributed by atoms with E-state index in [1.807, 2.05) is 12.3 Å². The van der Waals surface area contributed by atoms with Gasteiger partial charge in [-0.3, -0.25) is 4.98 Å². The molecule has 0 aromatic carbocycles. The molecule has 1 aliphatic rings. The van der Waals surface area contributed by atoms with E-state index in [1.165, 1.54) is 5.56 Å². The van der Waals surface area contributed by atoms with Gasteiger partial charge in [0.1, 0.15) is 0 Å². The molecule has 0 saturated heterocycles. The van der Waals surface area contributed by atoms with Crippen molar-refractivity contribution in [3.8, 4) is 0 Å². The third-order valence-electron chi connectivity index (χ3n) is 3.05. The summed E-state index contributed by atoms with van der Waals surface area (Å²) in [6, 6.07) is 2.01. The lowest BCUT2D eigenvalue weighted by atomic mass is 10.0. The van der Waals surface area contributed by atoms with Crippen molar-refractivity contribution in [2.75, 3.05) is 6.54 Å². The summed E-state index contributed by atoms with van der Waals surface area (Å²) in [5.74, 6) is 0. The van der Waals surface area contributed by atoms with Crippen molar-refractivity contribution < 1.29 is 0 Å². The molecule has 76 valence electrons. The molecule has 0 atom stereocenters. The lowest BCUT2D eigenvalue weighted by Crippen LogP contribution is -2.21. The normalized spacial score (nSPS) is 18.2. The zero-order valence-corrected chi connectivity index (χ0v) is 9.14. The van der Waals surface area contributed by atoms with E-state index >= 15 is 0 Å². The highest BCUT2D eigenvalue weighted by Crippen LogP contribution is 2.48. The predicted octanol–water partition coefficient (Wildman–Crippen LogP) is 2.29. The lowest BCUT2D eigenvalue weighted by Gasteiger charge is -2.13. The van der Waals surface area contributed by atoms with Gasteiger partial charge in [-0.1, -0.05) is 18.5 Å². The molecule has 0 aliphatic heterocycles. The highest BCUT2D eigenvalue weighted by Gasteiger charge is 2.45. The van der Waals surface area contributed by atoms with E-state index in [2.05, 4.69) is 11.9 Å². The summed E-state index contributed by atoms with van der Waals surface area (Å²) in [6.45, 7) is 2.76. The summed E-state index contributed by atoms with van der Waals surface area (Å²) in [4.78, 5) is 4.44. The molecule has 1 aliphatic carbocycles. The fourth-order valence-corrected chi connectivity index (χ4v) is 2.14. The van der Waals surface area contributed by atoms with Crippen molar-refractivity contribution in [2.45, 2.75) is 31.6 Å². The molecule has 1 saturated carbocycles. The maximum atomic E-state index is 6.19. The molecule has 0 bridgehead atoms. The summed E-state index contributed by atoms with van der Waals surface area (Å²) in [5.41, 5.74) is 8.03. The molecule has 0 radical (unpaired) electrons. The smallest absolute Gasteiger partial charge is 0.0664 e. The fourth-order valence-electron chi connectivity index (χ4n) is 1.75. The number of aromatic nitrogens is 1. The van der Waals surface area contributed by atoms with Crippen molar-refractivity contribution >= 4 is 11.6 Å². The lowest BCUT2D eigenvalue weighted by molar-refractivity contribution is 0.677. The van der Waals surface area contributed by atoms with Crippen LogP contribution in [-0.2, 0) is 11.8 Å². The van der Waals surface area contributed by atoms with Gasteiger partial charge in [0.05, 0.1) is 10.7 Å². The van der Waals surface area contributed by atoms with E-state index in [0.29, 0.717) is 6.54 Å². The molecule has 1 fully saturated rings. The largest absolute Gasteiger partial charge is 0.330 e. The molecule has 0 amide bonds. The third kappa shape index (κ3) is 1.53. The van der Waals surface area contributed by atoms with Crippen molar-refractivity contribution in [3.63, 3.8) is 0 Å². The number of nitrogens with zero attached hydrogens (tertiary/aromatic N) is 1. The van der Waals surface area contributed by atoms with Crippen LogP contribution in [0.15, 0.2) is 12.3 Å². The second-order valence-electron chi connectivity index (χ2n) is 4.01. The molecule has 14 heavy (non-hydrogen) atoms. The average molecular weight is 211 g/mol. The minimum absolute atomic E-state index is 0.101. The third-order valence-corrected chi connectivity index (χ3v) is 3.34.